The number of imide groups is 1. The lowest BCUT2D eigenvalue weighted by Crippen LogP contribution is -2.34. The summed E-state index contributed by atoms with van der Waals surface area (Å²) in [6, 6.07) is 6.58. The number of hydrogen-bond donors (Lipinski definition) is 0. The first-order valence-electron chi connectivity index (χ1n) is 5.20. The van der Waals surface area contributed by atoms with Gasteiger partial charge in [0.05, 0.1) is 11.6 Å². The highest BCUT2D eigenvalue weighted by Crippen LogP contribution is 2.18. The number of Topliss-reactive ketones (excluding diaryl/α,β-unsaturated/α-hetero) is 1. The van der Waals surface area contributed by atoms with Gasteiger partial charge in [0.2, 0.25) is 11.8 Å². The first-order chi connectivity index (χ1) is 8.09. The number of carbonyl (C=O) groups is 3. The number of hydrogen-bond acceptors (Lipinski definition) is 3. The van der Waals surface area contributed by atoms with Crippen molar-refractivity contribution in [3.8, 4) is 0 Å². The molecule has 0 aromatic heterocycles. The molecule has 5 heteroatoms. The van der Waals surface area contributed by atoms with Crippen molar-refractivity contribution < 1.29 is 14.4 Å². The Morgan fingerprint density at radius 2 is 1.76 bits per heavy atom. The predicted octanol–water partition coefficient (Wildman–Crippen LogP) is 1.67. The Labute approximate surface area is 103 Å². The number of nitrogens with zero attached hydrogens (tertiary/aromatic N) is 1. The van der Waals surface area contributed by atoms with Gasteiger partial charge in [-0.2, -0.15) is 0 Å². The van der Waals surface area contributed by atoms with Crippen LogP contribution in [0, 0.1) is 0 Å². The minimum atomic E-state index is -0.320. The van der Waals surface area contributed by atoms with Crippen LogP contribution in [-0.4, -0.2) is 29.0 Å². The van der Waals surface area contributed by atoms with Crippen LogP contribution < -0.4 is 0 Å². The van der Waals surface area contributed by atoms with Gasteiger partial charge in [-0.1, -0.05) is 23.7 Å². The van der Waals surface area contributed by atoms with E-state index in [2.05, 4.69) is 0 Å². The molecule has 4 nitrogen and oxygen atoms in total. The number of rotatable bonds is 3. The Morgan fingerprint density at radius 1 is 1.18 bits per heavy atom. The van der Waals surface area contributed by atoms with Crippen LogP contribution in [0.1, 0.15) is 23.2 Å². The predicted molar refractivity (Wildman–Crippen MR) is 61.7 cm³/mol. The van der Waals surface area contributed by atoms with Crippen LogP contribution in [0.25, 0.3) is 0 Å². The van der Waals surface area contributed by atoms with Gasteiger partial charge in [-0.25, -0.2) is 0 Å². The summed E-state index contributed by atoms with van der Waals surface area (Å²) >= 11 is 5.87. The number of ketones is 1. The Morgan fingerprint density at radius 3 is 2.35 bits per heavy atom. The topological polar surface area (TPSA) is 54.5 Å². The molecule has 1 aliphatic rings. The third-order valence-electron chi connectivity index (χ3n) is 2.63. The Kier molecular flexibility index (Phi) is 3.24. The molecular formula is C12H10ClNO3. The lowest BCUT2D eigenvalue weighted by Gasteiger charge is -2.12. The van der Waals surface area contributed by atoms with Gasteiger partial charge in [-0.05, 0) is 12.1 Å². The molecule has 2 amide bonds. The standard InChI is InChI=1S/C12H10ClNO3/c13-9-4-2-1-3-8(9)10(15)7-14-11(16)5-6-12(14)17/h1-4H,5-7H2. The number of halogens is 1. The smallest absolute Gasteiger partial charge is 0.230 e. The second-order valence-electron chi connectivity index (χ2n) is 3.78. The van der Waals surface area contributed by atoms with Gasteiger partial charge in [0.15, 0.2) is 5.78 Å². The molecule has 0 aliphatic carbocycles. The number of benzene rings is 1. The molecule has 88 valence electrons. The molecule has 0 spiro atoms. The molecule has 0 radical (unpaired) electrons. The van der Waals surface area contributed by atoms with Crippen molar-refractivity contribution in [2.45, 2.75) is 12.8 Å². The highest BCUT2D eigenvalue weighted by atomic mass is 35.5. The van der Waals surface area contributed by atoms with Crippen LogP contribution in [0.4, 0.5) is 0 Å². The third kappa shape index (κ3) is 2.36. The zero-order chi connectivity index (χ0) is 12.4. The van der Waals surface area contributed by atoms with Crippen LogP contribution >= 0.6 is 11.6 Å². The number of likely N-dealkylation sites (tertiary alicyclic amines) is 1. The average molecular weight is 252 g/mol. The van der Waals surface area contributed by atoms with Gasteiger partial charge in [0.25, 0.3) is 0 Å². The Balaban J connectivity index is 2.15. The van der Waals surface area contributed by atoms with E-state index in [0.717, 1.165) is 4.90 Å². The molecule has 0 atom stereocenters. The van der Waals surface area contributed by atoms with Crippen molar-refractivity contribution in [2.75, 3.05) is 6.54 Å². The first kappa shape index (κ1) is 11.8. The largest absolute Gasteiger partial charge is 0.292 e. The normalized spacial score (nSPS) is 15.5. The molecule has 1 heterocycles. The molecule has 1 aromatic carbocycles. The maximum Gasteiger partial charge on any atom is 0.230 e. The summed E-state index contributed by atoms with van der Waals surface area (Å²) < 4.78 is 0. The van der Waals surface area contributed by atoms with E-state index in [-0.39, 0.29) is 37.0 Å². The summed E-state index contributed by atoms with van der Waals surface area (Å²) in [6.45, 7) is -0.221. The van der Waals surface area contributed by atoms with Crippen LogP contribution in [0.3, 0.4) is 0 Å². The molecule has 1 saturated heterocycles. The fraction of sp³-hybridized carbons (Fsp3) is 0.250. The molecule has 0 unspecified atom stereocenters. The minimum Gasteiger partial charge on any atom is -0.292 e. The summed E-state index contributed by atoms with van der Waals surface area (Å²) in [6.07, 6.45) is 0.378. The number of amides is 2. The van der Waals surface area contributed by atoms with Crippen molar-refractivity contribution in [3.63, 3.8) is 0 Å². The Hall–Kier alpha value is -1.68. The van der Waals surface area contributed by atoms with E-state index in [9.17, 15) is 14.4 Å². The second-order valence-corrected chi connectivity index (χ2v) is 4.18. The lowest BCUT2D eigenvalue weighted by molar-refractivity contribution is -0.137. The van der Waals surface area contributed by atoms with Gasteiger partial charge in [0, 0.05) is 18.4 Å². The van der Waals surface area contributed by atoms with E-state index in [4.69, 9.17) is 11.6 Å². The van der Waals surface area contributed by atoms with Gasteiger partial charge >= 0.3 is 0 Å². The quantitative estimate of drug-likeness (QED) is 0.607. The molecule has 1 fully saturated rings. The van der Waals surface area contributed by atoms with Gasteiger partial charge in [-0.15, -0.1) is 0 Å². The van der Waals surface area contributed by atoms with Crippen molar-refractivity contribution in [3.05, 3.63) is 34.9 Å². The first-order valence-corrected chi connectivity index (χ1v) is 5.58. The van der Waals surface area contributed by atoms with Crippen LogP contribution in [-0.2, 0) is 9.59 Å². The van der Waals surface area contributed by atoms with Crippen molar-refractivity contribution >= 4 is 29.2 Å². The maximum absolute atomic E-state index is 11.9. The van der Waals surface area contributed by atoms with E-state index in [1.54, 1.807) is 24.3 Å². The van der Waals surface area contributed by atoms with E-state index >= 15 is 0 Å². The number of carbonyl (C=O) groups excluding carboxylic acids is 3. The van der Waals surface area contributed by atoms with Crippen LogP contribution in [0.2, 0.25) is 5.02 Å². The van der Waals surface area contributed by atoms with Gasteiger partial charge in [0.1, 0.15) is 0 Å². The zero-order valence-corrected chi connectivity index (χ0v) is 9.74. The van der Waals surface area contributed by atoms with Crippen LogP contribution in [0.15, 0.2) is 24.3 Å². The van der Waals surface area contributed by atoms with Gasteiger partial charge in [-0.3, -0.25) is 19.3 Å². The monoisotopic (exact) mass is 251 g/mol. The van der Waals surface area contributed by atoms with Crippen LogP contribution in [0.5, 0.6) is 0 Å². The molecule has 0 N–H and O–H groups in total. The fourth-order valence-corrected chi connectivity index (χ4v) is 1.96. The average Bonchev–Trinajstić information content (AvgIpc) is 2.61. The molecule has 17 heavy (non-hydrogen) atoms. The highest BCUT2D eigenvalue weighted by Gasteiger charge is 2.30. The molecular weight excluding hydrogens is 242 g/mol. The highest BCUT2D eigenvalue weighted by molar-refractivity contribution is 6.34. The van der Waals surface area contributed by atoms with E-state index in [0.29, 0.717) is 10.6 Å². The SMILES string of the molecule is O=C(CN1C(=O)CCC1=O)c1ccccc1Cl. The van der Waals surface area contributed by atoms with Crippen molar-refractivity contribution in [1.29, 1.82) is 0 Å². The maximum atomic E-state index is 11.9. The van der Waals surface area contributed by atoms with Gasteiger partial charge < -0.3 is 0 Å². The summed E-state index contributed by atoms with van der Waals surface area (Å²) in [4.78, 5) is 35.6. The summed E-state index contributed by atoms with van der Waals surface area (Å²) in [5, 5.41) is 0.330. The lowest BCUT2D eigenvalue weighted by atomic mass is 10.1. The summed E-state index contributed by atoms with van der Waals surface area (Å²) in [7, 11) is 0. The Bertz CT molecular complexity index is 482. The molecule has 1 aromatic rings. The summed E-state index contributed by atoms with van der Waals surface area (Å²) in [5.74, 6) is -0.912. The molecule has 0 bridgehead atoms. The van der Waals surface area contributed by atoms with E-state index in [1.165, 1.54) is 0 Å². The third-order valence-corrected chi connectivity index (χ3v) is 2.96. The molecule has 2 rings (SSSR count). The second kappa shape index (κ2) is 4.67. The van der Waals surface area contributed by atoms with Crippen molar-refractivity contribution in [1.82, 2.24) is 4.90 Å². The molecule has 1 aliphatic heterocycles. The van der Waals surface area contributed by atoms with E-state index in [1.807, 2.05) is 0 Å². The van der Waals surface area contributed by atoms with Crippen molar-refractivity contribution in [2.24, 2.45) is 0 Å². The van der Waals surface area contributed by atoms with E-state index < -0.39 is 0 Å². The minimum absolute atomic E-state index is 0.189. The summed E-state index contributed by atoms with van der Waals surface area (Å²) in [5.41, 5.74) is 0.335. The fourth-order valence-electron chi connectivity index (χ4n) is 1.72. The molecule has 0 saturated carbocycles. The zero-order valence-electron chi connectivity index (χ0n) is 8.98.